The minimum Gasteiger partial charge on any atom is -0.327 e. The molecule has 3 heteroatoms. The monoisotopic (exact) mass is 259 g/mol. The van der Waals surface area contributed by atoms with Gasteiger partial charge in [-0.25, -0.2) is 4.98 Å². The van der Waals surface area contributed by atoms with Crippen LogP contribution in [-0.4, -0.2) is 15.6 Å². The van der Waals surface area contributed by atoms with E-state index < -0.39 is 0 Å². The van der Waals surface area contributed by atoms with E-state index in [1.54, 1.807) is 0 Å². The number of benzene rings is 1. The van der Waals surface area contributed by atoms with Crippen LogP contribution in [0.1, 0.15) is 39.9 Å². The largest absolute Gasteiger partial charge is 0.327 e. The number of para-hydroxylation sites is 2. The molecule has 2 aromatic rings. The molecule has 3 nitrogen and oxygen atoms in total. The topological polar surface area (TPSA) is 29.9 Å². The molecule has 0 saturated carbocycles. The van der Waals surface area contributed by atoms with E-state index in [4.69, 9.17) is 4.98 Å². The van der Waals surface area contributed by atoms with Crippen LogP contribution < -0.4 is 5.32 Å². The van der Waals surface area contributed by atoms with E-state index in [0.717, 1.165) is 30.9 Å². The highest BCUT2D eigenvalue weighted by molar-refractivity contribution is 5.75. The van der Waals surface area contributed by atoms with Crippen LogP contribution in [0.2, 0.25) is 0 Å². The summed E-state index contributed by atoms with van der Waals surface area (Å²) in [5.41, 5.74) is 2.35. The van der Waals surface area contributed by atoms with Gasteiger partial charge in [0.25, 0.3) is 0 Å². The van der Waals surface area contributed by atoms with Crippen LogP contribution in [0.5, 0.6) is 0 Å². The first-order valence-corrected chi connectivity index (χ1v) is 7.31. The van der Waals surface area contributed by atoms with E-state index in [9.17, 15) is 0 Å². The second-order valence-corrected chi connectivity index (χ2v) is 5.58. The van der Waals surface area contributed by atoms with Gasteiger partial charge >= 0.3 is 0 Å². The van der Waals surface area contributed by atoms with E-state index in [-0.39, 0.29) is 0 Å². The second kappa shape index (κ2) is 6.20. The summed E-state index contributed by atoms with van der Waals surface area (Å²) >= 11 is 0. The zero-order valence-corrected chi connectivity index (χ0v) is 12.5. The van der Waals surface area contributed by atoms with Gasteiger partial charge in [-0.15, -0.1) is 0 Å². The first-order valence-electron chi connectivity index (χ1n) is 7.31. The molecule has 19 heavy (non-hydrogen) atoms. The number of hydrogen-bond donors (Lipinski definition) is 1. The highest BCUT2D eigenvalue weighted by atomic mass is 15.1. The van der Waals surface area contributed by atoms with Crippen molar-refractivity contribution in [3.63, 3.8) is 0 Å². The van der Waals surface area contributed by atoms with Crippen molar-refractivity contribution in [1.29, 1.82) is 0 Å². The van der Waals surface area contributed by atoms with Gasteiger partial charge in [-0.3, -0.25) is 0 Å². The zero-order chi connectivity index (χ0) is 13.8. The SMILES string of the molecule is CCCn1c(CNC(C)C(C)C)nc2ccccc21. The van der Waals surface area contributed by atoms with E-state index in [1.807, 2.05) is 0 Å². The Kier molecular flexibility index (Phi) is 4.59. The van der Waals surface area contributed by atoms with Crippen molar-refractivity contribution < 1.29 is 0 Å². The maximum atomic E-state index is 4.76. The lowest BCUT2D eigenvalue weighted by atomic mass is 10.1. The number of nitrogens with one attached hydrogen (secondary N) is 1. The predicted molar refractivity (Wildman–Crippen MR) is 81.2 cm³/mol. The summed E-state index contributed by atoms with van der Waals surface area (Å²) in [4.78, 5) is 4.76. The summed E-state index contributed by atoms with van der Waals surface area (Å²) in [6.45, 7) is 10.8. The number of aromatic nitrogens is 2. The van der Waals surface area contributed by atoms with Crippen molar-refractivity contribution in [2.75, 3.05) is 0 Å². The molecule has 0 radical (unpaired) electrons. The Morgan fingerprint density at radius 3 is 2.63 bits per heavy atom. The lowest BCUT2D eigenvalue weighted by molar-refractivity contribution is 0.416. The highest BCUT2D eigenvalue weighted by Gasteiger charge is 2.12. The lowest BCUT2D eigenvalue weighted by Gasteiger charge is -2.17. The Morgan fingerprint density at radius 2 is 1.95 bits per heavy atom. The molecule has 0 aliphatic carbocycles. The van der Waals surface area contributed by atoms with Crippen LogP contribution in [0.3, 0.4) is 0 Å². The molecule has 1 aromatic carbocycles. The number of fused-ring (bicyclic) bond motifs is 1. The van der Waals surface area contributed by atoms with Crippen molar-refractivity contribution in [3.05, 3.63) is 30.1 Å². The molecule has 0 aliphatic rings. The standard InChI is InChI=1S/C16H25N3/c1-5-10-19-15-9-7-6-8-14(15)18-16(19)11-17-13(4)12(2)3/h6-9,12-13,17H,5,10-11H2,1-4H3. The Bertz CT molecular complexity index is 528. The van der Waals surface area contributed by atoms with Gasteiger partial charge in [0.05, 0.1) is 17.6 Å². The average molecular weight is 259 g/mol. The van der Waals surface area contributed by atoms with E-state index in [1.165, 1.54) is 5.52 Å². The van der Waals surface area contributed by atoms with Gasteiger partial charge in [0, 0.05) is 12.6 Å². The molecule has 0 spiro atoms. The van der Waals surface area contributed by atoms with Crippen LogP contribution in [-0.2, 0) is 13.1 Å². The quantitative estimate of drug-likeness (QED) is 0.859. The van der Waals surface area contributed by atoms with Crippen molar-refractivity contribution in [3.8, 4) is 0 Å². The van der Waals surface area contributed by atoms with Crippen molar-refractivity contribution >= 4 is 11.0 Å². The number of imidazole rings is 1. The fraction of sp³-hybridized carbons (Fsp3) is 0.562. The van der Waals surface area contributed by atoms with Gasteiger partial charge in [0.2, 0.25) is 0 Å². The first-order chi connectivity index (χ1) is 9.13. The molecule has 1 N–H and O–H groups in total. The normalized spacial score (nSPS) is 13.3. The number of aryl methyl sites for hydroxylation is 1. The third-order valence-electron chi connectivity index (χ3n) is 3.76. The van der Waals surface area contributed by atoms with Gasteiger partial charge < -0.3 is 9.88 Å². The second-order valence-electron chi connectivity index (χ2n) is 5.58. The van der Waals surface area contributed by atoms with Crippen molar-refractivity contribution in [2.45, 2.75) is 53.2 Å². The Morgan fingerprint density at radius 1 is 1.21 bits per heavy atom. The van der Waals surface area contributed by atoms with Gasteiger partial charge in [-0.05, 0) is 31.4 Å². The molecule has 1 heterocycles. The minimum absolute atomic E-state index is 0.509. The fourth-order valence-electron chi connectivity index (χ4n) is 2.22. The lowest BCUT2D eigenvalue weighted by Crippen LogP contribution is -2.31. The number of rotatable bonds is 6. The predicted octanol–water partition coefficient (Wildman–Crippen LogP) is 3.58. The van der Waals surface area contributed by atoms with Crippen molar-refractivity contribution in [1.82, 2.24) is 14.9 Å². The van der Waals surface area contributed by atoms with E-state index >= 15 is 0 Å². The Balaban J connectivity index is 2.23. The van der Waals surface area contributed by atoms with E-state index in [0.29, 0.717) is 12.0 Å². The zero-order valence-electron chi connectivity index (χ0n) is 12.5. The summed E-state index contributed by atoms with van der Waals surface area (Å²) in [6.07, 6.45) is 1.13. The summed E-state index contributed by atoms with van der Waals surface area (Å²) < 4.78 is 2.34. The summed E-state index contributed by atoms with van der Waals surface area (Å²) in [5, 5.41) is 3.57. The molecule has 1 aromatic heterocycles. The van der Waals surface area contributed by atoms with Crippen LogP contribution in [0.4, 0.5) is 0 Å². The first kappa shape index (κ1) is 14.1. The maximum Gasteiger partial charge on any atom is 0.123 e. The number of hydrogen-bond acceptors (Lipinski definition) is 2. The molecule has 2 rings (SSSR count). The van der Waals surface area contributed by atoms with Crippen LogP contribution in [0, 0.1) is 5.92 Å². The van der Waals surface area contributed by atoms with Gasteiger partial charge in [0.1, 0.15) is 5.82 Å². The third kappa shape index (κ3) is 3.16. The fourth-order valence-corrected chi connectivity index (χ4v) is 2.22. The molecular weight excluding hydrogens is 234 g/mol. The van der Waals surface area contributed by atoms with Crippen molar-refractivity contribution in [2.24, 2.45) is 5.92 Å². The minimum atomic E-state index is 0.509. The third-order valence-corrected chi connectivity index (χ3v) is 3.76. The molecule has 1 atom stereocenters. The van der Waals surface area contributed by atoms with Gasteiger partial charge in [0.15, 0.2) is 0 Å². The van der Waals surface area contributed by atoms with Crippen LogP contribution in [0.15, 0.2) is 24.3 Å². The smallest absolute Gasteiger partial charge is 0.123 e. The molecule has 104 valence electrons. The average Bonchev–Trinajstić information content (AvgIpc) is 2.75. The number of nitrogens with zero attached hydrogens (tertiary/aromatic N) is 2. The molecule has 0 saturated heterocycles. The maximum absolute atomic E-state index is 4.76. The molecule has 1 unspecified atom stereocenters. The molecule has 0 aliphatic heterocycles. The molecule has 0 amide bonds. The van der Waals surface area contributed by atoms with Crippen LogP contribution >= 0.6 is 0 Å². The van der Waals surface area contributed by atoms with Crippen LogP contribution in [0.25, 0.3) is 11.0 Å². The highest BCUT2D eigenvalue weighted by Crippen LogP contribution is 2.16. The summed E-state index contributed by atoms with van der Waals surface area (Å²) in [5.74, 6) is 1.79. The summed E-state index contributed by atoms with van der Waals surface area (Å²) in [7, 11) is 0. The van der Waals surface area contributed by atoms with Gasteiger partial charge in [-0.1, -0.05) is 32.9 Å². The molecular formula is C16H25N3. The Hall–Kier alpha value is -1.35. The van der Waals surface area contributed by atoms with Gasteiger partial charge in [-0.2, -0.15) is 0 Å². The Labute approximate surface area is 116 Å². The molecule has 0 fully saturated rings. The molecule has 0 bridgehead atoms. The summed E-state index contributed by atoms with van der Waals surface area (Å²) in [6, 6.07) is 8.91. The van der Waals surface area contributed by atoms with E-state index in [2.05, 4.69) is 61.8 Å².